The molecule has 5 rings (SSSR count). The maximum absolute atomic E-state index is 13.0. The molecule has 1 aliphatic heterocycles. The highest BCUT2D eigenvalue weighted by Crippen LogP contribution is 2.31. The molecule has 33 heavy (non-hydrogen) atoms. The summed E-state index contributed by atoms with van der Waals surface area (Å²) in [6, 6.07) is 17.1. The van der Waals surface area contributed by atoms with E-state index in [1.165, 1.54) is 22.2 Å². The van der Waals surface area contributed by atoms with Crippen LogP contribution in [-0.4, -0.2) is 46.5 Å². The first kappa shape index (κ1) is 21.9. The fraction of sp³-hybridized carbons (Fsp3) is 0.208. The number of amides is 1. The first-order chi connectivity index (χ1) is 16.0. The number of anilines is 1. The van der Waals surface area contributed by atoms with Gasteiger partial charge >= 0.3 is 0 Å². The number of aromatic nitrogens is 2. The summed E-state index contributed by atoms with van der Waals surface area (Å²) in [5.74, 6) is -0.0847. The predicted molar refractivity (Wildman–Crippen MR) is 135 cm³/mol. The van der Waals surface area contributed by atoms with Gasteiger partial charge < -0.3 is 9.80 Å². The summed E-state index contributed by atoms with van der Waals surface area (Å²) in [6.07, 6.45) is 1.46. The molecule has 168 valence electrons. The van der Waals surface area contributed by atoms with Crippen molar-refractivity contribution in [3.05, 3.63) is 81.3 Å². The van der Waals surface area contributed by atoms with Crippen molar-refractivity contribution in [1.82, 2.24) is 14.5 Å². The molecule has 0 N–H and O–H groups in total. The monoisotopic (exact) mass is 498 g/mol. The van der Waals surface area contributed by atoms with Gasteiger partial charge in [0.1, 0.15) is 11.2 Å². The van der Waals surface area contributed by atoms with E-state index in [0.717, 1.165) is 16.1 Å². The van der Waals surface area contributed by atoms with Crippen LogP contribution in [0.5, 0.6) is 0 Å². The number of halogens is 2. The highest BCUT2D eigenvalue weighted by atomic mass is 35.5. The van der Waals surface area contributed by atoms with Gasteiger partial charge in [0.2, 0.25) is 5.91 Å². The van der Waals surface area contributed by atoms with Crippen LogP contribution in [0.15, 0.2) is 65.7 Å². The van der Waals surface area contributed by atoms with Gasteiger partial charge in [-0.15, -0.1) is 11.3 Å². The molecule has 2 aromatic carbocycles. The number of fused-ring (bicyclic) bond motifs is 1. The van der Waals surface area contributed by atoms with Crippen LogP contribution in [0.4, 0.5) is 5.69 Å². The zero-order chi connectivity index (χ0) is 22.9. The van der Waals surface area contributed by atoms with E-state index >= 15 is 0 Å². The number of benzene rings is 2. The topological polar surface area (TPSA) is 58.4 Å². The molecular weight excluding hydrogens is 479 g/mol. The molecule has 0 bridgehead atoms. The number of hydrogen-bond acceptors (Lipinski definition) is 5. The zero-order valence-corrected chi connectivity index (χ0v) is 19.9. The van der Waals surface area contributed by atoms with Crippen molar-refractivity contribution in [3.63, 3.8) is 0 Å². The normalized spacial score (nSPS) is 14.1. The molecule has 0 spiro atoms. The average Bonchev–Trinajstić information content (AvgIpc) is 3.27. The molecule has 2 aromatic heterocycles. The Morgan fingerprint density at radius 3 is 2.45 bits per heavy atom. The summed E-state index contributed by atoms with van der Waals surface area (Å²) in [4.78, 5) is 35.3. The Morgan fingerprint density at radius 1 is 0.970 bits per heavy atom. The van der Waals surface area contributed by atoms with Crippen LogP contribution < -0.4 is 10.5 Å². The Labute approximate surface area is 204 Å². The first-order valence-corrected chi connectivity index (χ1v) is 12.1. The van der Waals surface area contributed by atoms with Gasteiger partial charge in [-0.05, 0) is 42.0 Å². The molecule has 0 aliphatic carbocycles. The molecule has 0 unspecified atom stereocenters. The molecule has 0 radical (unpaired) electrons. The summed E-state index contributed by atoms with van der Waals surface area (Å²) in [5, 5.41) is 1.35. The molecule has 9 heteroatoms. The lowest BCUT2D eigenvalue weighted by Gasteiger charge is -2.36. The van der Waals surface area contributed by atoms with E-state index in [1.807, 2.05) is 54.6 Å². The van der Waals surface area contributed by atoms with Gasteiger partial charge in [0.15, 0.2) is 0 Å². The van der Waals surface area contributed by atoms with Crippen molar-refractivity contribution in [2.24, 2.45) is 0 Å². The Morgan fingerprint density at radius 2 is 1.73 bits per heavy atom. The van der Waals surface area contributed by atoms with Gasteiger partial charge in [-0.3, -0.25) is 14.2 Å². The summed E-state index contributed by atoms with van der Waals surface area (Å²) < 4.78 is 1.94. The van der Waals surface area contributed by atoms with Gasteiger partial charge in [0, 0.05) is 46.8 Å². The van der Waals surface area contributed by atoms with E-state index in [9.17, 15) is 9.59 Å². The van der Waals surface area contributed by atoms with Crippen molar-refractivity contribution in [3.8, 4) is 10.4 Å². The molecule has 1 amide bonds. The van der Waals surface area contributed by atoms with Crippen molar-refractivity contribution >= 4 is 56.3 Å². The Bertz CT molecular complexity index is 1380. The van der Waals surface area contributed by atoms with Crippen LogP contribution in [0, 0.1) is 0 Å². The van der Waals surface area contributed by atoms with Gasteiger partial charge in [-0.25, -0.2) is 4.98 Å². The van der Waals surface area contributed by atoms with Gasteiger partial charge in [0.25, 0.3) is 5.56 Å². The van der Waals surface area contributed by atoms with Gasteiger partial charge in [0.05, 0.1) is 11.8 Å². The molecular formula is C24H20Cl2N4O2S. The molecule has 4 aromatic rings. The van der Waals surface area contributed by atoms with Gasteiger partial charge in [-0.2, -0.15) is 0 Å². The molecule has 3 heterocycles. The highest BCUT2D eigenvalue weighted by Gasteiger charge is 2.22. The van der Waals surface area contributed by atoms with E-state index in [2.05, 4.69) is 9.88 Å². The molecule has 0 saturated carbocycles. The standard InChI is InChI=1S/C24H20Cl2N4O2S/c25-17-6-4-16(5-7-17)21-13-20-23(33-21)24(32)30(15-27-20)14-22(31)29-10-8-28(9-11-29)19-3-1-2-18(26)12-19/h1-7,12-13,15H,8-11,14H2. The van der Waals surface area contributed by atoms with Crippen molar-refractivity contribution in [1.29, 1.82) is 0 Å². The Hall–Kier alpha value is -2.87. The second-order valence-corrected chi connectivity index (χ2v) is 9.78. The summed E-state index contributed by atoms with van der Waals surface area (Å²) in [6.45, 7) is 2.60. The predicted octanol–water partition coefficient (Wildman–Crippen LogP) is 4.78. The van der Waals surface area contributed by atoms with Crippen molar-refractivity contribution in [2.45, 2.75) is 6.54 Å². The highest BCUT2D eigenvalue weighted by molar-refractivity contribution is 7.22. The SMILES string of the molecule is O=C(Cn1cnc2cc(-c3ccc(Cl)cc3)sc2c1=O)N1CCN(c2cccc(Cl)c2)CC1. The fourth-order valence-corrected chi connectivity index (χ4v) is 5.32. The van der Waals surface area contributed by atoms with Crippen LogP contribution in [0.25, 0.3) is 20.7 Å². The molecule has 1 aliphatic rings. The zero-order valence-electron chi connectivity index (χ0n) is 17.6. The largest absolute Gasteiger partial charge is 0.368 e. The van der Waals surface area contributed by atoms with E-state index in [0.29, 0.717) is 46.4 Å². The summed E-state index contributed by atoms with van der Waals surface area (Å²) >= 11 is 13.5. The third-order valence-electron chi connectivity index (χ3n) is 5.74. The van der Waals surface area contributed by atoms with Crippen molar-refractivity contribution < 1.29 is 4.79 Å². The average molecular weight is 499 g/mol. The number of hydrogen-bond donors (Lipinski definition) is 0. The van der Waals surface area contributed by atoms with Crippen LogP contribution in [0.1, 0.15) is 0 Å². The van der Waals surface area contributed by atoms with Gasteiger partial charge in [-0.1, -0.05) is 41.4 Å². The van der Waals surface area contributed by atoms with E-state index in [4.69, 9.17) is 23.2 Å². The number of rotatable bonds is 4. The molecule has 1 fully saturated rings. The van der Waals surface area contributed by atoms with E-state index in [1.54, 1.807) is 4.90 Å². The Balaban J connectivity index is 1.29. The smallest absolute Gasteiger partial charge is 0.271 e. The second kappa shape index (κ2) is 9.17. The number of carbonyl (C=O) groups is 1. The lowest BCUT2D eigenvalue weighted by Crippen LogP contribution is -2.50. The minimum Gasteiger partial charge on any atom is -0.368 e. The first-order valence-electron chi connectivity index (χ1n) is 10.5. The minimum atomic E-state index is -0.198. The molecule has 1 saturated heterocycles. The number of piperazine rings is 1. The van der Waals surface area contributed by atoms with Crippen LogP contribution >= 0.6 is 34.5 Å². The maximum atomic E-state index is 13.0. The number of nitrogens with zero attached hydrogens (tertiary/aromatic N) is 4. The van der Waals surface area contributed by atoms with E-state index < -0.39 is 0 Å². The van der Waals surface area contributed by atoms with Crippen LogP contribution in [0.3, 0.4) is 0 Å². The van der Waals surface area contributed by atoms with Crippen molar-refractivity contribution in [2.75, 3.05) is 31.1 Å². The lowest BCUT2D eigenvalue weighted by molar-refractivity contribution is -0.132. The molecule has 6 nitrogen and oxygen atoms in total. The third kappa shape index (κ3) is 4.62. The Kier molecular flexibility index (Phi) is 6.10. The van der Waals surface area contributed by atoms with Crippen LogP contribution in [-0.2, 0) is 11.3 Å². The fourth-order valence-electron chi connectivity index (χ4n) is 3.95. The van der Waals surface area contributed by atoms with E-state index in [-0.39, 0.29) is 18.0 Å². The van der Waals surface area contributed by atoms with Crippen LogP contribution in [0.2, 0.25) is 10.0 Å². The maximum Gasteiger partial charge on any atom is 0.271 e. The quantitative estimate of drug-likeness (QED) is 0.406. The minimum absolute atomic E-state index is 0.0207. The third-order valence-corrected chi connectivity index (χ3v) is 7.39. The molecule has 0 atom stereocenters. The summed E-state index contributed by atoms with van der Waals surface area (Å²) in [5.41, 5.74) is 2.46. The lowest BCUT2D eigenvalue weighted by atomic mass is 10.2. The number of thiophene rings is 1. The number of carbonyl (C=O) groups excluding carboxylic acids is 1. The summed E-state index contributed by atoms with van der Waals surface area (Å²) in [7, 11) is 0. The second-order valence-electron chi connectivity index (χ2n) is 7.86.